The first-order valence-corrected chi connectivity index (χ1v) is 7.88. The van der Waals surface area contributed by atoms with Crippen molar-refractivity contribution in [2.24, 2.45) is 0 Å². The molecule has 2 rings (SSSR count). The molecule has 1 aromatic carbocycles. The zero-order chi connectivity index (χ0) is 14.6. The molecule has 20 heavy (non-hydrogen) atoms. The van der Waals surface area contributed by atoms with E-state index in [0.29, 0.717) is 0 Å². The number of aromatic nitrogens is 2. The summed E-state index contributed by atoms with van der Waals surface area (Å²) < 4.78 is 5.21. The van der Waals surface area contributed by atoms with Crippen LogP contribution >= 0.6 is 11.8 Å². The number of hydrogen-bond acceptors (Lipinski definition) is 4. The van der Waals surface area contributed by atoms with E-state index in [1.165, 1.54) is 0 Å². The van der Waals surface area contributed by atoms with Gasteiger partial charge in [-0.2, -0.15) is 0 Å². The molecule has 4 nitrogen and oxygen atoms in total. The van der Waals surface area contributed by atoms with Crippen LogP contribution in [0.15, 0.2) is 23.4 Å². The lowest BCUT2D eigenvalue weighted by Crippen LogP contribution is -2.36. The van der Waals surface area contributed by atoms with Crippen molar-refractivity contribution in [1.82, 2.24) is 15.3 Å². The van der Waals surface area contributed by atoms with Gasteiger partial charge in [-0.15, -0.1) is 0 Å². The number of nitrogens with zero attached hydrogens (tertiary/aromatic N) is 1. The Morgan fingerprint density at radius 1 is 1.35 bits per heavy atom. The number of aromatic amines is 1. The van der Waals surface area contributed by atoms with Crippen LogP contribution in [0.3, 0.4) is 0 Å². The second-order valence-corrected chi connectivity index (χ2v) is 6.89. The molecule has 1 aromatic heterocycles. The van der Waals surface area contributed by atoms with Gasteiger partial charge in [0.05, 0.1) is 18.1 Å². The Balaban J connectivity index is 1.84. The van der Waals surface area contributed by atoms with E-state index in [4.69, 9.17) is 4.74 Å². The first kappa shape index (κ1) is 15.2. The maximum absolute atomic E-state index is 5.21. The highest BCUT2D eigenvalue weighted by Gasteiger charge is 2.08. The largest absolute Gasteiger partial charge is 0.497 e. The minimum absolute atomic E-state index is 0.195. The molecule has 0 fully saturated rings. The van der Waals surface area contributed by atoms with Crippen LogP contribution < -0.4 is 10.1 Å². The zero-order valence-electron chi connectivity index (χ0n) is 12.6. The predicted molar refractivity (Wildman–Crippen MR) is 85.7 cm³/mol. The van der Waals surface area contributed by atoms with Crippen LogP contribution in [0, 0.1) is 0 Å². The molecule has 0 atom stereocenters. The number of thioether (sulfide) groups is 1. The highest BCUT2D eigenvalue weighted by atomic mass is 32.2. The van der Waals surface area contributed by atoms with Gasteiger partial charge in [-0.1, -0.05) is 11.8 Å². The van der Waals surface area contributed by atoms with Crippen molar-refractivity contribution in [2.75, 3.05) is 19.4 Å². The van der Waals surface area contributed by atoms with E-state index >= 15 is 0 Å². The number of fused-ring (bicyclic) bond motifs is 1. The number of benzene rings is 1. The molecule has 0 aliphatic heterocycles. The minimum atomic E-state index is 0.195. The lowest BCUT2D eigenvalue weighted by atomic mass is 10.1. The van der Waals surface area contributed by atoms with Crippen LogP contribution in [-0.4, -0.2) is 34.9 Å². The molecule has 110 valence electrons. The average molecular weight is 293 g/mol. The Kier molecular flexibility index (Phi) is 4.94. The predicted octanol–water partition coefficient (Wildman–Crippen LogP) is 3.44. The molecule has 0 spiro atoms. The van der Waals surface area contributed by atoms with Gasteiger partial charge in [-0.05, 0) is 45.9 Å². The molecule has 2 N–H and O–H groups in total. The SMILES string of the molecule is COc1ccc2nc(SCCCNC(C)(C)C)[nH]c2c1. The number of imidazole rings is 1. The van der Waals surface area contributed by atoms with E-state index in [0.717, 1.165) is 40.7 Å². The Morgan fingerprint density at radius 2 is 2.15 bits per heavy atom. The lowest BCUT2D eigenvalue weighted by Gasteiger charge is -2.20. The van der Waals surface area contributed by atoms with Gasteiger partial charge in [0.25, 0.3) is 0 Å². The van der Waals surface area contributed by atoms with Crippen LogP contribution in [0.25, 0.3) is 11.0 Å². The monoisotopic (exact) mass is 293 g/mol. The third kappa shape index (κ3) is 4.42. The fraction of sp³-hybridized carbons (Fsp3) is 0.533. The lowest BCUT2D eigenvalue weighted by molar-refractivity contribution is 0.415. The van der Waals surface area contributed by atoms with Gasteiger partial charge in [0.1, 0.15) is 5.75 Å². The van der Waals surface area contributed by atoms with Gasteiger partial charge in [-0.3, -0.25) is 0 Å². The first-order chi connectivity index (χ1) is 9.48. The van der Waals surface area contributed by atoms with Gasteiger partial charge in [0.15, 0.2) is 5.16 Å². The highest BCUT2D eigenvalue weighted by Crippen LogP contribution is 2.23. The summed E-state index contributed by atoms with van der Waals surface area (Å²) >= 11 is 1.76. The number of methoxy groups -OCH3 is 1. The molecular weight excluding hydrogens is 270 g/mol. The van der Waals surface area contributed by atoms with Gasteiger partial charge in [0.2, 0.25) is 0 Å². The van der Waals surface area contributed by atoms with Crippen molar-refractivity contribution in [2.45, 2.75) is 37.9 Å². The molecule has 2 aromatic rings. The van der Waals surface area contributed by atoms with Crippen LogP contribution in [0.2, 0.25) is 0 Å². The van der Waals surface area contributed by atoms with E-state index in [1.54, 1.807) is 18.9 Å². The van der Waals surface area contributed by atoms with Gasteiger partial charge >= 0.3 is 0 Å². The highest BCUT2D eigenvalue weighted by molar-refractivity contribution is 7.99. The van der Waals surface area contributed by atoms with Crippen LogP contribution in [0.1, 0.15) is 27.2 Å². The second-order valence-electron chi connectivity index (χ2n) is 5.80. The molecular formula is C15H23N3OS. The summed E-state index contributed by atoms with van der Waals surface area (Å²) in [6.45, 7) is 7.59. The Hall–Kier alpha value is -1.20. The molecule has 0 radical (unpaired) electrons. The van der Waals surface area contributed by atoms with Gasteiger partial charge < -0.3 is 15.0 Å². The number of H-pyrrole nitrogens is 1. The minimum Gasteiger partial charge on any atom is -0.497 e. The number of ether oxygens (including phenoxy) is 1. The Morgan fingerprint density at radius 3 is 2.85 bits per heavy atom. The summed E-state index contributed by atoms with van der Waals surface area (Å²) in [5.41, 5.74) is 2.21. The molecule has 0 unspecified atom stereocenters. The summed E-state index contributed by atoms with van der Waals surface area (Å²) in [6.07, 6.45) is 1.13. The fourth-order valence-corrected chi connectivity index (χ4v) is 2.69. The van der Waals surface area contributed by atoms with Crippen molar-refractivity contribution >= 4 is 22.8 Å². The quantitative estimate of drug-likeness (QED) is 0.633. The normalized spacial score (nSPS) is 12.0. The molecule has 0 bridgehead atoms. The average Bonchev–Trinajstić information content (AvgIpc) is 2.78. The summed E-state index contributed by atoms with van der Waals surface area (Å²) in [7, 11) is 1.68. The van der Waals surface area contributed by atoms with E-state index in [1.807, 2.05) is 18.2 Å². The van der Waals surface area contributed by atoms with Crippen molar-refractivity contribution in [3.8, 4) is 5.75 Å². The molecule has 0 aliphatic carbocycles. The fourth-order valence-electron chi connectivity index (χ4n) is 1.87. The number of hydrogen-bond donors (Lipinski definition) is 2. The molecule has 1 heterocycles. The van der Waals surface area contributed by atoms with Crippen molar-refractivity contribution in [3.63, 3.8) is 0 Å². The van der Waals surface area contributed by atoms with Crippen molar-refractivity contribution in [1.29, 1.82) is 0 Å². The Bertz CT molecular complexity index is 560. The van der Waals surface area contributed by atoms with Crippen molar-refractivity contribution < 1.29 is 4.74 Å². The third-order valence-corrected chi connectivity index (χ3v) is 3.84. The van der Waals surface area contributed by atoms with Crippen LogP contribution in [-0.2, 0) is 0 Å². The van der Waals surface area contributed by atoms with E-state index in [-0.39, 0.29) is 5.54 Å². The number of rotatable bonds is 6. The summed E-state index contributed by atoms with van der Waals surface area (Å²) in [6, 6.07) is 5.90. The standard InChI is InChI=1S/C15H23N3OS/c1-15(2,3)16-8-5-9-20-14-17-12-7-6-11(19-4)10-13(12)18-14/h6-7,10,16H,5,8-9H2,1-4H3,(H,17,18). The van der Waals surface area contributed by atoms with Gasteiger partial charge in [0, 0.05) is 17.4 Å². The van der Waals surface area contributed by atoms with E-state index in [2.05, 4.69) is 36.1 Å². The third-order valence-electron chi connectivity index (χ3n) is 2.88. The molecule has 0 amide bonds. The van der Waals surface area contributed by atoms with Crippen LogP contribution in [0.4, 0.5) is 0 Å². The maximum atomic E-state index is 5.21. The number of nitrogens with one attached hydrogen (secondary N) is 2. The first-order valence-electron chi connectivity index (χ1n) is 6.89. The molecule has 0 aliphatic rings. The molecule has 0 saturated heterocycles. The van der Waals surface area contributed by atoms with Gasteiger partial charge in [-0.25, -0.2) is 4.98 Å². The van der Waals surface area contributed by atoms with Crippen LogP contribution in [0.5, 0.6) is 5.75 Å². The molecule has 0 saturated carbocycles. The second kappa shape index (κ2) is 6.50. The summed E-state index contributed by atoms with van der Waals surface area (Å²) in [5, 5.41) is 4.47. The smallest absolute Gasteiger partial charge is 0.166 e. The maximum Gasteiger partial charge on any atom is 0.166 e. The van der Waals surface area contributed by atoms with Crippen molar-refractivity contribution in [3.05, 3.63) is 18.2 Å². The topological polar surface area (TPSA) is 49.9 Å². The summed E-state index contributed by atoms with van der Waals surface area (Å²) in [5.74, 6) is 1.91. The summed E-state index contributed by atoms with van der Waals surface area (Å²) in [4.78, 5) is 7.89. The van der Waals surface area contributed by atoms with E-state index < -0.39 is 0 Å². The van der Waals surface area contributed by atoms with E-state index in [9.17, 15) is 0 Å². The Labute approximate surface area is 124 Å². The molecule has 5 heteroatoms. The zero-order valence-corrected chi connectivity index (χ0v) is 13.4.